The van der Waals surface area contributed by atoms with Gasteiger partial charge in [0.15, 0.2) is 5.96 Å². The number of amides is 1. The molecule has 1 N–H and O–H groups in total. The summed E-state index contributed by atoms with van der Waals surface area (Å²) in [6.45, 7) is 6.23. The van der Waals surface area contributed by atoms with Gasteiger partial charge in [-0.05, 0) is 17.5 Å². The van der Waals surface area contributed by atoms with E-state index in [-0.39, 0.29) is 12.5 Å². The summed E-state index contributed by atoms with van der Waals surface area (Å²) in [6.07, 6.45) is 2.79. The van der Waals surface area contributed by atoms with Gasteiger partial charge in [0.05, 0.1) is 0 Å². The highest BCUT2D eigenvalue weighted by atomic mass is 16.2. The molecular formula is C17H24N4O. The average Bonchev–Trinajstić information content (AvgIpc) is 2.54. The van der Waals surface area contributed by atoms with Gasteiger partial charge in [-0.15, -0.1) is 6.58 Å². The van der Waals surface area contributed by atoms with Crippen LogP contribution in [0.4, 0.5) is 0 Å². The molecule has 1 aromatic rings. The molecule has 0 bridgehead atoms. The summed E-state index contributed by atoms with van der Waals surface area (Å²) in [5.41, 5.74) is 2.71. The molecular weight excluding hydrogens is 276 g/mol. The molecule has 5 heteroatoms. The number of aliphatic imine (C=N–C) groups is 1. The Bertz CT molecular complexity index is 566. The molecule has 1 heterocycles. The zero-order valence-corrected chi connectivity index (χ0v) is 13.4. The highest BCUT2D eigenvalue weighted by molar-refractivity contribution is 5.85. The van der Waals surface area contributed by atoms with E-state index < -0.39 is 0 Å². The number of hydrogen-bond donors (Lipinski definition) is 1. The maximum atomic E-state index is 11.8. The highest BCUT2D eigenvalue weighted by Crippen LogP contribution is 2.18. The number of guanidine groups is 1. The Kier molecular flexibility index (Phi) is 5.58. The van der Waals surface area contributed by atoms with E-state index in [0.717, 1.165) is 25.5 Å². The van der Waals surface area contributed by atoms with Crippen LogP contribution in [0.5, 0.6) is 0 Å². The van der Waals surface area contributed by atoms with Crippen molar-refractivity contribution >= 4 is 11.9 Å². The first-order valence-corrected chi connectivity index (χ1v) is 7.53. The summed E-state index contributed by atoms with van der Waals surface area (Å²) in [4.78, 5) is 20.0. The number of nitrogens with one attached hydrogen (secondary N) is 1. The van der Waals surface area contributed by atoms with Gasteiger partial charge in [0.2, 0.25) is 5.91 Å². The number of rotatable bonds is 4. The highest BCUT2D eigenvalue weighted by Gasteiger charge is 2.19. The molecule has 22 heavy (non-hydrogen) atoms. The molecule has 0 saturated carbocycles. The van der Waals surface area contributed by atoms with Crippen LogP contribution in [0.15, 0.2) is 41.9 Å². The van der Waals surface area contributed by atoms with E-state index in [1.807, 2.05) is 0 Å². The van der Waals surface area contributed by atoms with Crippen molar-refractivity contribution in [2.75, 3.05) is 33.7 Å². The zero-order valence-electron chi connectivity index (χ0n) is 13.4. The Morgan fingerprint density at radius 2 is 2.14 bits per heavy atom. The predicted octanol–water partition coefficient (Wildman–Crippen LogP) is 1.26. The molecule has 0 unspecified atom stereocenters. The Morgan fingerprint density at radius 1 is 1.41 bits per heavy atom. The fourth-order valence-corrected chi connectivity index (χ4v) is 2.39. The summed E-state index contributed by atoms with van der Waals surface area (Å²) in [5.74, 6) is 0.764. The lowest BCUT2D eigenvalue weighted by atomic mass is 10.0. The van der Waals surface area contributed by atoms with Gasteiger partial charge in [-0.3, -0.25) is 4.79 Å². The van der Waals surface area contributed by atoms with Crippen LogP contribution in [-0.2, 0) is 17.8 Å². The van der Waals surface area contributed by atoms with Crippen molar-refractivity contribution in [2.24, 2.45) is 4.99 Å². The van der Waals surface area contributed by atoms with E-state index >= 15 is 0 Å². The molecule has 118 valence electrons. The Balaban J connectivity index is 2.11. The van der Waals surface area contributed by atoms with E-state index in [0.29, 0.717) is 6.54 Å². The number of carbonyl (C=O) groups is 1. The lowest BCUT2D eigenvalue weighted by molar-refractivity contribution is -0.127. The second kappa shape index (κ2) is 7.64. The fourth-order valence-electron chi connectivity index (χ4n) is 2.39. The van der Waals surface area contributed by atoms with Crippen LogP contribution < -0.4 is 5.32 Å². The molecule has 0 atom stereocenters. The molecule has 2 rings (SSSR count). The first-order chi connectivity index (χ1) is 10.6. The normalized spacial score (nSPS) is 14.3. The second-order valence-electron chi connectivity index (χ2n) is 5.54. The van der Waals surface area contributed by atoms with E-state index in [2.05, 4.69) is 46.1 Å². The van der Waals surface area contributed by atoms with E-state index in [1.54, 1.807) is 25.1 Å². The summed E-state index contributed by atoms with van der Waals surface area (Å²) < 4.78 is 0. The molecule has 0 aromatic heterocycles. The minimum Gasteiger partial charge on any atom is -0.353 e. The molecule has 0 spiro atoms. The number of nitrogens with zero attached hydrogens (tertiary/aromatic N) is 3. The fraction of sp³-hybridized carbons (Fsp3) is 0.412. The molecule has 0 fully saturated rings. The van der Waals surface area contributed by atoms with Gasteiger partial charge >= 0.3 is 0 Å². The van der Waals surface area contributed by atoms with Crippen molar-refractivity contribution in [3.05, 3.63) is 48.0 Å². The minimum atomic E-state index is -0.00434. The number of likely N-dealkylation sites (N-methyl/N-ethyl adjacent to an activating group) is 1. The third-order valence-electron chi connectivity index (χ3n) is 3.70. The zero-order chi connectivity index (χ0) is 15.9. The van der Waals surface area contributed by atoms with Crippen molar-refractivity contribution in [1.82, 2.24) is 15.1 Å². The summed E-state index contributed by atoms with van der Waals surface area (Å²) >= 11 is 0. The first-order valence-electron chi connectivity index (χ1n) is 7.53. The average molecular weight is 300 g/mol. The van der Waals surface area contributed by atoms with Gasteiger partial charge in [-0.2, -0.15) is 0 Å². The van der Waals surface area contributed by atoms with Gasteiger partial charge in [0.25, 0.3) is 0 Å². The van der Waals surface area contributed by atoms with Crippen molar-refractivity contribution in [3.8, 4) is 0 Å². The van der Waals surface area contributed by atoms with Crippen LogP contribution in [-0.4, -0.2) is 55.4 Å². The van der Waals surface area contributed by atoms with Crippen molar-refractivity contribution < 1.29 is 4.79 Å². The van der Waals surface area contributed by atoms with Crippen molar-refractivity contribution in [3.63, 3.8) is 0 Å². The van der Waals surface area contributed by atoms with Crippen molar-refractivity contribution in [1.29, 1.82) is 0 Å². The molecule has 1 aliphatic rings. The van der Waals surface area contributed by atoms with Crippen LogP contribution in [0.3, 0.4) is 0 Å². The monoisotopic (exact) mass is 300 g/mol. The van der Waals surface area contributed by atoms with E-state index in [9.17, 15) is 4.79 Å². The Morgan fingerprint density at radius 3 is 2.82 bits per heavy atom. The topological polar surface area (TPSA) is 47.9 Å². The number of hydrogen-bond acceptors (Lipinski definition) is 2. The Hall–Kier alpha value is -2.30. The maximum Gasteiger partial charge on any atom is 0.243 e. The molecule has 1 aliphatic heterocycles. The minimum absolute atomic E-state index is 0.00434. The predicted molar refractivity (Wildman–Crippen MR) is 89.8 cm³/mol. The standard InChI is InChI=1S/C17H24N4O/c1-4-10-18-17(19-12-16(22)20(2)3)21-11-9-14-7-5-6-8-15(14)13-21/h4-8H,1,9-13H2,2-3H3,(H,18,19). The lowest BCUT2D eigenvalue weighted by Crippen LogP contribution is -2.44. The number of fused-ring (bicyclic) bond motifs is 1. The summed E-state index contributed by atoms with van der Waals surface area (Å²) in [5, 5.41) is 3.25. The molecule has 0 saturated heterocycles. The third kappa shape index (κ3) is 4.10. The second-order valence-corrected chi connectivity index (χ2v) is 5.54. The number of benzene rings is 1. The smallest absolute Gasteiger partial charge is 0.243 e. The molecule has 0 radical (unpaired) electrons. The van der Waals surface area contributed by atoms with E-state index in [4.69, 9.17) is 0 Å². The molecule has 5 nitrogen and oxygen atoms in total. The SMILES string of the molecule is C=CCNC(=NCC(=O)N(C)C)N1CCc2ccccc2C1. The van der Waals surface area contributed by atoms with E-state index in [1.165, 1.54) is 11.1 Å². The maximum absolute atomic E-state index is 11.8. The Labute approximate surface area is 132 Å². The largest absolute Gasteiger partial charge is 0.353 e. The summed E-state index contributed by atoms with van der Waals surface area (Å²) in [7, 11) is 3.48. The third-order valence-corrected chi connectivity index (χ3v) is 3.70. The first kappa shape index (κ1) is 16.1. The van der Waals surface area contributed by atoms with Crippen LogP contribution >= 0.6 is 0 Å². The van der Waals surface area contributed by atoms with Crippen LogP contribution in [0.1, 0.15) is 11.1 Å². The lowest BCUT2D eigenvalue weighted by Gasteiger charge is -2.31. The summed E-state index contributed by atoms with van der Waals surface area (Å²) in [6, 6.07) is 8.47. The van der Waals surface area contributed by atoms with Crippen LogP contribution in [0, 0.1) is 0 Å². The van der Waals surface area contributed by atoms with Gasteiger partial charge < -0.3 is 15.1 Å². The van der Waals surface area contributed by atoms with Gasteiger partial charge in [-0.1, -0.05) is 30.3 Å². The molecule has 0 aliphatic carbocycles. The molecule has 1 amide bonds. The van der Waals surface area contributed by atoms with Gasteiger partial charge in [0, 0.05) is 33.7 Å². The molecule has 1 aromatic carbocycles. The van der Waals surface area contributed by atoms with Gasteiger partial charge in [0.1, 0.15) is 6.54 Å². The van der Waals surface area contributed by atoms with Crippen molar-refractivity contribution in [2.45, 2.75) is 13.0 Å². The quantitative estimate of drug-likeness (QED) is 0.517. The van der Waals surface area contributed by atoms with Gasteiger partial charge in [-0.25, -0.2) is 4.99 Å². The number of carbonyl (C=O) groups excluding carboxylic acids is 1. The van der Waals surface area contributed by atoms with Crippen LogP contribution in [0.2, 0.25) is 0 Å². The van der Waals surface area contributed by atoms with Crippen LogP contribution in [0.25, 0.3) is 0 Å².